The molecule has 3 heterocycles. The van der Waals surface area contributed by atoms with Gasteiger partial charge in [-0.2, -0.15) is 5.10 Å². The van der Waals surface area contributed by atoms with Gasteiger partial charge in [-0.1, -0.05) is 29.8 Å². The maximum atomic E-state index is 14.9. The van der Waals surface area contributed by atoms with Crippen molar-refractivity contribution in [2.24, 2.45) is 0 Å². The van der Waals surface area contributed by atoms with E-state index in [2.05, 4.69) is 15.1 Å². The first-order valence-electron chi connectivity index (χ1n) is 10.6. The van der Waals surface area contributed by atoms with E-state index in [1.165, 1.54) is 32.5 Å². The lowest BCUT2D eigenvalue weighted by Gasteiger charge is -2.35. The summed E-state index contributed by atoms with van der Waals surface area (Å²) < 4.78 is 32.4. The Bertz CT molecular complexity index is 1570. The van der Waals surface area contributed by atoms with Gasteiger partial charge in [0.25, 0.3) is 0 Å². The number of aromatic nitrogens is 6. The van der Waals surface area contributed by atoms with Crippen LogP contribution >= 0.6 is 11.6 Å². The lowest BCUT2D eigenvalue weighted by atomic mass is 9.86. The minimum atomic E-state index is -1.98. The van der Waals surface area contributed by atoms with E-state index in [9.17, 15) is 18.7 Å². The third kappa shape index (κ3) is 4.11. The fraction of sp³-hybridized carbons (Fsp3) is 0.167. The van der Waals surface area contributed by atoms with E-state index >= 15 is 0 Å². The molecule has 0 amide bonds. The van der Waals surface area contributed by atoms with Crippen LogP contribution in [0.3, 0.4) is 0 Å². The average Bonchev–Trinajstić information content (AvgIpc) is 3.49. The molecule has 0 radical (unpaired) electrons. The number of imidazole rings is 1. The third-order valence-corrected chi connectivity index (χ3v) is 6.31. The zero-order valence-corrected chi connectivity index (χ0v) is 19.1. The van der Waals surface area contributed by atoms with Crippen molar-refractivity contribution in [3.05, 3.63) is 106 Å². The molecular weight excluding hydrogens is 478 g/mol. The zero-order valence-electron chi connectivity index (χ0n) is 18.4. The van der Waals surface area contributed by atoms with Gasteiger partial charge in [-0.15, -0.1) is 0 Å². The third-order valence-electron chi connectivity index (χ3n) is 6.06. The fourth-order valence-corrected chi connectivity index (χ4v) is 4.26. The molecule has 0 spiro atoms. The molecule has 3 aromatic heterocycles. The van der Waals surface area contributed by atoms with Crippen molar-refractivity contribution in [1.82, 2.24) is 28.7 Å². The van der Waals surface area contributed by atoms with Crippen LogP contribution in [0, 0.1) is 11.6 Å². The van der Waals surface area contributed by atoms with Gasteiger partial charge in [0.15, 0.2) is 0 Å². The lowest BCUT2D eigenvalue weighted by molar-refractivity contribution is -0.0346. The number of halogens is 3. The van der Waals surface area contributed by atoms with Crippen molar-refractivity contribution in [3.63, 3.8) is 0 Å². The Morgan fingerprint density at radius 3 is 2.60 bits per heavy atom. The molecule has 2 aromatic carbocycles. The standard InChI is InChI=1S/C24H19ClF2N6O2/c1-15(24(35,12-31-14-28-13-29-31)19-7-6-18(26)10-20(19)27)32-9-8-22-30-21(11-33(22)23(32)34)16-2-4-17(25)5-3-16/h2-11,13-15,35H,12H2,1H3. The molecule has 0 bridgehead atoms. The number of hydrogen-bond donors (Lipinski definition) is 1. The average molecular weight is 497 g/mol. The van der Waals surface area contributed by atoms with E-state index in [4.69, 9.17) is 11.6 Å². The Labute approximate surface area is 202 Å². The van der Waals surface area contributed by atoms with E-state index in [0.717, 1.165) is 17.7 Å². The van der Waals surface area contributed by atoms with Crippen LogP contribution in [0.2, 0.25) is 5.02 Å². The second-order valence-corrected chi connectivity index (χ2v) is 8.62. The van der Waals surface area contributed by atoms with Crippen LogP contribution in [-0.2, 0) is 12.1 Å². The lowest BCUT2D eigenvalue weighted by Crippen LogP contribution is -2.44. The van der Waals surface area contributed by atoms with Gasteiger partial charge >= 0.3 is 5.69 Å². The molecule has 0 fully saturated rings. The van der Waals surface area contributed by atoms with Gasteiger partial charge < -0.3 is 5.11 Å². The maximum Gasteiger partial charge on any atom is 0.334 e. The van der Waals surface area contributed by atoms with Gasteiger partial charge in [0.05, 0.1) is 18.3 Å². The summed E-state index contributed by atoms with van der Waals surface area (Å²) in [7, 11) is 0. The molecule has 2 unspecified atom stereocenters. The van der Waals surface area contributed by atoms with Crippen LogP contribution < -0.4 is 5.69 Å². The monoisotopic (exact) mass is 496 g/mol. The number of hydrogen-bond acceptors (Lipinski definition) is 5. The van der Waals surface area contributed by atoms with Gasteiger partial charge in [-0.3, -0.25) is 8.97 Å². The van der Waals surface area contributed by atoms with Gasteiger partial charge in [0.2, 0.25) is 0 Å². The van der Waals surface area contributed by atoms with Gasteiger partial charge in [-0.25, -0.2) is 28.2 Å². The second kappa shape index (κ2) is 8.71. The summed E-state index contributed by atoms with van der Waals surface area (Å²) in [6.45, 7) is 1.34. The van der Waals surface area contributed by atoms with E-state index < -0.39 is 29.0 Å². The summed E-state index contributed by atoms with van der Waals surface area (Å²) in [6, 6.07) is 10.6. The SMILES string of the molecule is CC(n1ccc2nc(-c3ccc(Cl)cc3)cn2c1=O)C(O)(Cn1cncn1)c1ccc(F)cc1F. The molecule has 1 N–H and O–H groups in total. The summed E-state index contributed by atoms with van der Waals surface area (Å²) in [5.74, 6) is -1.73. The molecule has 2 atom stereocenters. The van der Waals surface area contributed by atoms with Crippen molar-refractivity contribution in [1.29, 1.82) is 0 Å². The minimum Gasteiger partial charge on any atom is -0.381 e. The Kier molecular flexibility index (Phi) is 5.70. The number of rotatable bonds is 6. The van der Waals surface area contributed by atoms with E-state index in [1.54, 1.807) is 43.5 Å². The van der Waals surface area contributed by atoms with Crippen molar-refractivity contribution in [2.75, 3.05) is 0 Å². The van der Waals surface area contributed by atoms with Gasteiger partial charge in [-0.05, 0) is 31.2 Å². The van der Waals surface area contributed by atoms with Crippen LogP contribution in [0.4, 0.5) is 8.78 Å². The predicted octanol–water partition coefficient (Wildman–Crippen LogP) is 3.84. The smallest absolute Gasteiger partial charge is 0.334 e. The van der Waals surface area contributed by atoms with E-state index in [-0.39, 0.29) is 12.1 Å². The van der Waals surface area contributed by atoms with Crippen LogP contribution in [0.25, 0.3) is 16.9 Å². The second-order valence-electron chi connectivity index (χ2n) is 8.18. The molecule has 0 aliphatic rings. The Morgan fingerprint density at radius 1 is 1.14 bits per heavy atom. The Hall–Kier alpha value is -3.89. The number of benzene rings is 2. The van der Waals surface area contributed by atoms with Gasteiger partial charge in [0.1, 0.15) is 35.5 Å². The summed E-state index contributed by atoms with van der Waals surface area (Å²) in [4.78, 5) is 21.8. The van der Waals surface area contributed by atoms with Crippen molar-refractivity contribution >= 4 is 17.2 Å². The van der Waals surface area contributed by atoms with E-state index in [1.807, 2.05) is 0 Å². The van der Waals surface area contributed by atoms with Crippen molar-refractivity contribution in [3.8, 4) is 11.3 Å². The highest BCUT2D eigenvalue weighted by atomic mass is 35.5. The molecule has 0 saturated heterocycles. The highest BCUT2D eigenvalue weighted by molar-refractivity contribution is 6.30. The van der Waals surface area contributed by atoms with Crippen LogP contribution in [0.5, 0.6) is 0 Å². The highest BCUT2D eigenvalue weighted by Gasteiger charge is 2.41. The molecule has 11 heteroatoms. The maximum absolute atomic E-state index is 14.9. The topological polar surface area (TPSA) is 90.2 Å². The molecule has 178 valence electrons. The number of nitrogens with zero attached hydrogens (tertiary/aromatic N) is 6. The predicted molar refractivity (Wildman–Crippen MR) is 125 cm³/mol. The molecule has 0 saturated carbocycles. The Balaban J connectivity index is 1.62. The molecule has 0 aliphatic heterocycles. The zero-order chi connectivity index (χ0) is 24.7. The van der Waals surface area contributed by atoms with Crippen LogP contribution in [0.1, 0.15) is 18.5 Å². The molecule has 8 nitrogen and oxygen atoms in total. The normalized spacial score (nSPS) is 14.2. The van der Waals surface area contributed by atoms with E-state index in [0.29, 0.717) is 22.4 Å². The number of fused-ring (bicyclic) bond motifs is 1. The summed E-state index contributed by atoms with van der Waals surface area (Å²) in [5.41, 5.74) is -0.928. The van der Waals surface area contributed by atoms with Crippen LogP contribution in [-0.4, -0.2) is 33.8 Å². The largest absolute Gasteiger partial charge is 0.381 e. The van der Waals surface area contributed by atoms with Crippen LogP contribution in [0.15, 0.2) is 78.4 Å². The number of aliphatic hydroxyl groups is 1. The highest BCUT2D eigenvalue weighted by Crippen LogP contribution is 2.36. The Morgan fingerprint density at radius 2 is 1.91 bits per heavy atom. The summed E-state index contributed by atoms with van der Waals surface area (Å²) in [5, 5.41) is 16.4. The minimum absolute atomic E-state index is 0.179. The molecular formula is C24H19ClF2N6O2. The first-order valence-corrected chi connectivity index (χ1v) is 11.0. The molecule has 0 aliphatic carbocycles. The summed E-state index contributed by atoms with van der Waals surface area (Å²) >= 11 is 5.96. The quantitative estimate of drug-likeness (QED) is 0.386. The molecule has 5 aromatic rings. The first-order chi connectivity index (χ1) is 16.8. The van der Waals surface area contributed by atoms with Gasteiger partial charge in [0, 0.05) is 34.6 Å². The van der Waals surface area contributed by atoms with Crippen molar-refractivity contribution < 1.29 is 13.9 Å². The first kappa shape index (κ1) is 22.9. The fourth-order valence-electron chi connectivity index (χ4n) is 4.13. The summed E-state index contributed by atoms with van der Waals surface area (Å²) in [6.07, 6.45) is 5.70. The van der Waals surface area contributed by atoms with Crippen molar-refractivity contribution in [2.45, 2.75) is 25.1 Å². The molecule has 35 heavy (non-hydrogen) atoms. The molecule has 5 rings (SSSR count).